The lowest BCUT2D eigenvalue weighted by Crippen LogP contribution is -2.38. The standard InChI is InChI=1S/C12H14FN5O/c1-7(11(19)15-9-3-4-9)14-12-16-10-5-2-8(13)6-18(10)17-12/h2,5-7,9H,3-4H2,1H3,(H,14,17)(H,15,19). The molecule has 0 bridgehead atoms. The van der Waals surface area contributed by atoms with Crippen molar-refractivity contribution >= 4 is 17.5 Å². The summed E-state index contributed by atoms with van der Waals surface area (Å²) in [6.45, 7) is 1.74. The summed E-state index contributed by atoms with van der Waals surface area (Å²) in [5.74, 6) is -0.153. The fourth-order valence-electron chi connectivity index (χ4n) is 1.73. The van der Waals surface area contributed by atoms with E-state index in [0.717, 1.165) is 12.8 Å². The van der Waals surface area contributed by atoms with Crippen LogP contribution >= 0.6 is 0 Å². The summed E-state index contributed by atoms with van der Waals surface area (Å²) >= 11 is 0. The highest BCUT2D eigenvalue weighted by Crippen LogP contribution is 2.18. The smallest absolute Gasteiger partial charge is 0.243 e. The van der Waals surface area contributed by atoms with E-state index in [1.807, 2.05) is 0 Å². The molecule has 7 heteroatoms. The third-order valence-electron chi connectivity index (χ3n) is 2.96. The van der Waals surface area contributed by atoms with Crippen LogP contribution in [-0.4, -0.2) is 32.6 Å². The van der Waals surface area contributed by atoms with E-state index in [9.17, 15) is 9.18 Å². The summed E-state index contributed by atoms with van der Waals surface area (Å²) in [6, 6.07) is 2.74. The van der Waals surface area contributed by atoms with Gasteiger partial charge in [0.05, 0.1) is 6.20 Å². The number of nitrogens with one attached hydrogen (secondary N) is 2. The van der Waals surface area contributed by atoms with Crippen molar-refractivity contribution in [1.29, 1.82) is 0 Å². The van der Waals surface area contributed by atoms with E-state index in [4.69, 9.17) is 0 Å². The van der Waals surface area contributed by atoms with Crippen molar-refractivity contribution in [3.8, 4) is 0 Å². The van der Waals surface area contributed by atoms with E-state index in [1.54, 1.807) is 6.92 Å². The Balaban J connectivity index is 1.71. The highest BCUT2D eigenvalue weighted by atomic mass is 19.1. The van der Waals surface area contributed by atoms with Crippen LogP contribution in [0.1, 0.15) is 19.8 Å². The molecule has 0 aliphatic heterocycles. The van der Waals surface area contributed by atoms with E-state index in [1.165, 1.54) is 22.8 Å². The number of amides is 1. The van der Waals surface area contributed by atoms with Crippen LogP contribution in [0.4, 0.5) is 10.3 Å². The van der Waals surface area contributed by atoms with Crippen molar-refractivity contribution in [2.24, 2.45) is 0 Å². The second kappa shape index (κ2) is 4.49. The molecule has 0 spiro atoms. The number of carbonyl (C=O) groups excluding carboxylic acids is 1. The van der Waals surface area contributed by atoms with Gasteiger partial charge in [0.2, 0.25) is 11.9 Å². The molecule has 1 saturated carbocycles. The third kappa shape index (κ3) is 2.64. The lowest BCUT2D eigenvalue weighted by molar-refractivity contribution is -0.121. The minimum absolute atomic E-state index is 0.0764. The van der Waals surface area contributed by atoms with Crippen LogP contribution in [0.3, 0.4) is 0 Å². The average molecular weight is 263 g/mol. The summed E-state index contributed by atoms with van der Waals surface area (Å²) in [6.07, 6.45) is 3.33. The normalized spacial score (nSPS) is 16.3. The van der Waals surface area contributed by atoms with Crippen LogP contribution in [0.2, 0.25) is 0 Å². The van der Waals surface area contributed by atoms with Crippen molar-refractivity contribution in [2.45, 2.75) is 31.8 Å². The number of nitrogens with zero attached hydrogens (tertiary/aromatic N) is 3. The zero-order chi connectivity index (χ0) is 13.4. The summed E-state index contributed by atoms with van der Waals surface area (Å²) in [7, 11) is 0. The first-order valence-electron chi connectivity index (χ1n) is 6.20. The van der Waals surface area contributed by atoms with Gasteiger partial charge in [0.25, 0.3) is 0 Å². The van der Waals surface area contributed by atoms with E-state index < -0.39 is 6.04 Å². The molecule has 0 aromatic carbocycles. The molecule has 1 aliphatic rings. The number of hydrogen-bond donors (Lipinski definition) is 2. The van der Waals surface area contributed by atoms with Crippen molar-refractivity contribution in [1.82, 2.24) is 19.9 Å². The molecule has 1 amide bonds. The first-order chi connectivity index (χ1) is 9.11. The van der Waals surface area contributed by atoms with Gasteiger partial charge >= 0.3 is 0 Å². The fourth-order valence-corrected chi connectivity index (χ4v) is 1.73. The Morgan fingerprint density at radius 3 is 3.05 bits per heavy atom. The summed E-state index contributed by atoms with van der Waals surface area (Å²) < 4.78 is 14.4. The molecule has 3 rings (SSSR count). The fraction of sp³-hybridized carbons (Fsp3) is 0.417. The molecule has 2 heterocycles. The van der Waals surface area contributed by atoms with Crippen LogP contribution < -0.4 is 10.6 Å². The largest absolute Gasteiger partial charge is 0.352 e. The van der Waals surface area contributed by atoms with Crippen molar-refractivity contribution in [3.63, 3.8) is 0 Å². The summed E-state index contributed by atoms with van der Waals surface area (Å²) in [4.78, 5) is 15.9. The number of halogens is 1. The quantitative estimate of drug-likeness (QED) is 0.861. The topological polar surface area (TPSA) is 71.3 Å². The number of carbonyl (C=O) groups is 1. The molecule has 6 nitrogen and oxygen atoms in total. The molecule has 1 aliphatic carbocycles. The highest BCUT2D eigenvalue weighted by molar-refractivity contribution is 5.84. The van der Waals surface area contributed by atoms with Gasteiger partial charge in [0, 0.05) is 6.04 Å². The zero-order valence-electron chi connectivity index (χ0n) is 10.4. The first-order valence-corrected chi connectivity index (χ1v) is 6.20. The zero-order valence-corrected chi connectivity index (χ0v) is 10.4. The van der Waals surface area contributed by atoms with Crippen molar-refractivity contribution < 1.29 is 9.18 Å². The van der Waals surface area contributed by atoms with Gasteiger partial charge in [0.15, 0.2) is 5.65 Å². The van der Waals surface area contributed by atoms with E-state index in [0.29, 0.717) is 17.6 Å². The van der Waals surface area contributed by atoms with Gasteiger partial charge < -0.3 is 10.6 Å². The minimum Gasteiger partial charge on any atom is -0.352 e. The molecule has 1 fully saturated rings. The molecule has 1 unspecified atom stereocenters. The van der Waals surface area contributed by atoms with Gasteiger partial charge in [0.1, 0.15) is 11.9 Å². The summed E-state index contributed by atoms with van der Waals surface area (Å²) in [5.41, 5.74) is 0.527. The number of pyridine rings is 1. The SMILES string of the molecule is CC(Nc1nc2ccc(F)cn2n1)C(=O)NC1CC1. The maximum atomic E-state index is 13.0. The second-order valence-corrected chi connectivity index (χ2v) is 4.73. The first kappa shape index (κ1) is 11.9. The van der Waals surface area contributed by atoms with Gasteiger partial charge in [-0.05, 0) is 31.9 Å². The van der Waals surface area contributed by atoms with Crippen LogP contribution in [-0.2, 0) is 4.79 Å². The minimum atomic E-state index is -0.428. The van der Waals surface area contributed by atoms with Crippen molar-refractivity contribution in [2.75, 3.05) is 5.32 Å². The van der Waals surface area contributed by atoms with Gasteiger partial charge in [-0.2, -0.15) is 4.98 Å². The lowest BCUT2D eigenvalue weighted by Gasteiger charge is -2.11. The Hall–Kier alpha value is -2.18. The van der Waals surface area contributed by atoms with Crippen LogP contribution in [0, 0.1) is 5.82 Å². The maximum Gasteiger partial charge on any atom is 0.243 e. The average Bonchev–Trinajstić information content (AvgIpc) is 3.08. The van der Waals surface area contributed by atoms with Crippen LogP contribution in [0.5, 0.6) is 0 Å². The molecule has 2 aromatic heterocycles. The molecule has 0 radical (unpaired) electrons. The van der Waals surface area contributed by atoms with E-state index in [-0.39, 0.29) is 11.7 Å². The second-order valence-electron chi connectivity index (χ2n) is 4.73. The number of rotatable bonds is 4. The maximum absolute atomic E-state index is 13.0. The van der Waals surface area contributed by atoms with E-state index in [2.05, 4.69) is 20.7 Å². The highest BCUT2D eigenvalue weighted by Gasteiger charge is 2.25. The predicted octanol–water partition coefficient (Wildman–Crippen LogP) is 0.947. The number of fused-ring (bicyclic) bond motifs is 1. The van der Waals surface area contributed by atoms with Crippen molar-refractivity contribution in [3.05, 3.63) is 24.1 Å². The number of aromatic nitrogens is 3. The molecule has 19 heavy (non-hydrogen) atoms. The molecule has 100 valence electrons. The molecule has 0 saturated heterocycles. The molecule has 2 N–H and O–H groups in total. The molecular formula is C12H14FN5O. The number of hydrogen-bond acceptors (Lipinski definition) is 4. The molecule has 2 aromatic rings. The van der Waals surface area contributed by atoms with Gasteiger partial charge in [-0.15, -0.1) is 5.10 Å². The van der Waals surface area contributed by atoms with Crippen LogP contribution in [0.25, 0.3) is 5.65 Å². The Labute approximate surface area is 109 Å². The Bertz CT molecular complexity index is 622. The number of anilines is 1. The predicted molar refractivity (Wildman–Crippen MR) is 67.2 cm³/mol. The van der Waals surface area contributed by atoms with Gasteiger partial charge in [-0.25, -0.2) is 8.91 Å². The van der Waals surface area contributed by atoms with Gasteiger partial charge in [-0.3, -0.25) is 4.79 Å². The Kier molecular flexibility index (Phi) is 2.81. The molecular weight excluding hydrogens is 249 g/mol. The van der Waals surface area contributed by atoms with E-state index >= 15 is 0 Å². The van der Waals surface area contributed by atoms with Gasteiger partial charge in [-0.1, -0.05) is 0 Å². The third-order valence-corrected chi connectivity index (χ3v) is 2.96. The molecule has 1 atom stereocenters. The Morgan fingerprint density at radius 2 is 2.32 bits per heavy atom. The Morgan fingerprint density at radius 1 is 1.53 bits per heavy atom. The monoisotopic (exact) mass is 263 g/mol. The van der Waals surface area contributed by atoms with Crippen LogP contribution in [0.15, 0.2) is 18.3 Å². The summed E-state index contributed by atoms with van der Waals surface area (Å²) in [5, 5.41) is 9.86. The lowest BCUT2D eigenvalue weighted by atomic mass is 10.3.